The first-order valence-corrected chi connectivity index (χ1v) is 5.18. The highest BCUT2D eigenvalue weighted by Gasteiger charge is 2.08. The lowest BCUT2D eigenvalue weighted by molar-refractivity contribution is 0.619. The van der Waals surface area contributed by atoms with Crippen molar-refractivity contribution in [3.63, 3.8) is 0 Å². The summed E-state index contributed by atoms with van der Waals surface area (Å²) in [7, 11) is 0. The Kier molecular flexibility index (Phi) is 2.34. The first-order chi connectivity index (χ1) is 7.08. The number of pyridine rings is 1. The Morgan fingerprint density at radius 1 is 1.40 bits per heavy atom. The van der Waals surface area contributed by atoms with E-state index in [1.54, 1.807) is 0 Å². The van der Waals surface area contributed by atoms with Gasteiger partial charge >= 0.3 is 0 Å². The lowest BCUT2D eigenvalue weighted by Crippen LogP contribution is -2.00. The summed E-state index contributed by atoms with van der Waals surface area (Å²) in [6, 6.07) is 3.78. The van der Waals surface area contributed by atoms with Crippen LogP contribution in [0.4, 0.5) is 5.69 Å². The van der Waals surface area contributed by atoms with Gasteiger partial charge in [-0.1, -0.05) is 13.8 Å². The van der Waals surface area contributed by atoms with Crippen molar-refractivity contribution in [2.45, 2.75) is 27.2 Å². The Balaban J connectivity index is 2.51. The number of nitrogens with two attached hydrogens (primary N) is 1. The molecule has 0 saturated carbocycles. The summed E-state index contributed by atoms with van der Waals surface area (Å²) < 4.78 is 1.81. The first kappa shape index (κ1) is 9.96. The summed E-state index contributed by atoms with van der Waals surface area (Å²) in [4.78, 5) is 4.45. The number of fused-ring (bicyclic) bond motifs is 1. The van der Waals surface area contributed by atoms with Crippen molar-refractivity contribution in [3.8, 4) is 0 Å². The standard InChI is InChI=1S/C11H16N4/c1-7(2)6-10-13-11-5-4-9(12)8(3)15(11)14-10/h4-5,7H,6,12H2,1-3H3. The van der Waals surface area contributed by atoms with Crippen molar-refractivity contribution in [2.75, 3.05) is 5.73 Å². The van der Waals surface area contributed by atoms with E-state index in [1.807, 2.05) is 23.6 Å². The number of aromatic nitrogens is 3. The zero-order valence-corrected chi connectivity index (χ0v) is 9.36. The summed E-state index contributed by atoms with van der Waals surface area (Å²) in [5.41, 5.74) is 8.39. The molecule has 15 heavy (non-hydrogen) atoms. The molecule has 2 aromatic rings. The summed E-state index contributed by atoms with van der Waals surface area (Å²) in [5, 5.41) is 4.44. The highest BCUT2D eigenvalue weighted by molar-refractivity contribution is 5.51. The van der Waals surface area contributed by atoms with Crippen LogP contribution in [0, 0.1) is 12.8 Å². The lowest BCUT2D eigenvalue weighted by Gasteiger charge is -2.00. The van der Waals surface area contributed by atoms with Gasteiger partial charge in [-0.25, -0.2) is 9.50 Å². The minimum Gasteiger partial charge on any atom is -0.397 e. The quantitative estimate of drug-likeness (QED) is 0.811. The van der Waals surface area contributed by atoms with E-state index in [0.29, 0.717) is 5.92 Å². The largest absolute Gasteiger partial charge is 0.397 e. The molecule has 0 aliphatic carbocycles. The van der Waals surface area contributed by atoms with E-state index in [-0.39, 0.29) is 0 Å². The van der Waals surface area contributed by atoms with Crippen LogP contribution in [0.2, 0.25) is 0 Å². The molecule has 0 amide bonds. The van der Waals surface area contributed by atoms with Crippen molar-refractivity contribution >= 4 is 11.3 Å². The number of aryl methyl sites for hydroxylation is 1. The number of hydrogen-bond acceptors (Lipinski definition) is 3. The maximum atomic E-state index is 5.81. The van der Waals surface area contributed by atoms with Crippen molar-refractivity contribution in [3.05, 3.63) is 23.7 Å². The minimum atomic E-state index is 0.570. The van der Waals surface area contributed by atoms with E-state index < -0.39 is 0 Å². The van der Waals surface area contributed by atoms with E-state index in [9.17, 15) is 0 Å². The van der Waals surface area contributed by atoms with Gasteiger partial charge in [0.25, 0.3) is 0 Å². The molecule has 0 aliphatic heterocycles. The van der Waals surface area contributed by atoms with Crippen LogP contribution in [-0.2, 0) is 6.42 Å². The third kappa shape index (κ3) is 1.79. The zero-order valence-electron chi connectivity index (χ0n) is 9.36. The zero-order chi connectivity index (χ0) is 11.0. The van der Waals surface area contributed by atoms with E-state index in [4.69, 9.17) is 5.73 Å². The van der Waals surface area contributed by atoms with Gasteiger partial charge in [0.05, 0.1) is 11.4 Å². The van der Waals surface area contributed by atoms with Crippen LogP contribution < -0.4 is 5.73 Å². The molecule has 0 aromatic carbocycles. The Morgan fingerprint density at radius 2 is 2.13 bits per heavy atom. The fraction of sp³-hybridized carbons (Fsp3) is 0.455. The highest BCUT2D eigenvalue weighted by Crippen LogP contribution is 2.13. The predicted molar refractivity (Wildman–Crippen MR) is 60.7 cm³/mol. The van der Waals surface area contributed by atoms with Crippen molar-refractivity contribution in [1.29, 1.82) is 0 Å². The topological polar surface area (TPSA) is 56.2 Å². The minimum absolute atomic E-state index is 0.570. The fourth-order valence-corrected chi connectivity index (χ4v) is 1.58. The monoisotopic (exact) mass is 204 g/mol. The second-order valence-corrected chi connectivity index (χ2v) is 4.27. The third-order valence-corrected chi connectivity index (χ3v) is 2.41. The van der Waals surface area contributed by atoms with E-state index in [1.165, 1.54) is 0 Å². The van der Waals surface area contributed by atoms with E-state index >= 15 is 0 Å². The van der Waals surface area contributed by atoms with Crippen molar-refractivity contribution in [1.82, 2.24) is 14.6 Å². The summed E-state index contributed by atoms with van der Waals surface area (Å²) in [5.74, 6) is 1.46. The molecule has 2 aromatic heterocycles. The van der Waals surface area contributed by atoms with Crippen LogP contribution in [0.5, 0.6) is 0 Å². The molecule has 0 aliphatic rings. The summed E-state index contributed by atoms with van der Waals surface area (Å²) >= 11 is 0. The van der Waals surface area contributed by atoms with Gasteiger partial charge in [0.2, 0.25) is 0 Å². The average molecular weight is 204 g/mol. The molecule has 0 atom stereocenters. The van der Waals surface area contributed by atoms with Gasteiger partial charge in [-0.15, -0.1) is 0 Å². The molecule has 2 rings (SSSR count). The number of nitrogens with zero attached hydrogens (tertiary/aromatic N) is 3. The molecule has 0 bridgehead atoms. The van der Waals surface area contributed by atoms with Gasteiger partial charge in [0, 0.05) is 6.42 Å². The Morgan fingerprint density at radius 3 is 2.80 bits per heavy atom. The van der Waals surface area contributed by atoms with Crippen LogP contribution in [0.25, 0.3) is 5.65 Å². The first-order valence-electron chi connectivity index (χ1n) is 5.18. The number of anilines is 1. The van der Waals surface area contributed by atoms with Gasteiger partial charge in [0.15, 0.2) is 11.5 Å². The SMILES string of the molecule is Cc1c(N)ccc2nc(CC(C)C)nn12. The molecule has 0 spiro atoms. The maximum absolute atomic E-state index is 5.81. The molecule has 0 radical (unpaired) electrons. The molecular weight excluding hydrogens is 188 g/mol. The molecule has 2 N–H and O–H groups in total. The summed E-state index contributed by atoms with van der Waals surface area (Å²) in [6.07, 6.45) is 0.904. The second-order valence-electron chi connectivity index (χ2n) is 4.27. The van der Waals surface area contributed by atoms with Crippen LogP contribution in [-0.4, -0.2) is 14.6 Å². The van der Waals surface area contributed by atoms with Crippen molar-refractivity contribution < 1.29 is 0 Å². The Labute approximate surface area is 89.1 Å². The smallest absolute Gasteiger partial charge is 0.156 e. The van der Waals surface area contributed by atoms with Gasteiger partial charge < -0.3 is 5.73 Å². The lowest BCUT2D eigenvalue weighted by atomic mass is 10.1. The van der Waals surface area contributed by atoms with Gasteiger partial charge in [0.1, 0.15) is 0 Å². The van der Waals surface area contributed by atoms with Crippen molar-refractivity contribution in [2.24, 2.45) is 5.92 Å². The molecular formula is C11H16N4. The molecule has 80 valence electrons. The molecule has 0 unspecified atom stereocenters. The number of nitrogen functional groups attached to an aromatic ring is 1. The van der Waals surface area contributed by atoms with Gasteiger partial charge in [-0.2, -0.15) is 5.10 Å². The normalized spacial score (nSPS) is 11.5. The maximum Gasteiger partial charge on any atom is 0.156 e. The molecule has 4 heteroatoms. The Bertz CT molecular complexity index is 485. The molecule has 0 fully saturated rings. The van der Waals surface area contributed by atoms with Crippen LogP contribution in [0.1, 0.15) is 25.4 Å². The van der Waals surface area contributed by atoms with Gasteiger partial charge in [-0.05, 0) is 25.0 Å². The van der Waals surface area contributed by atoms with Gasteiger partial charge in [-0.3, -0.25) is 0 Å². The molecule has 0 saturated heterocycles. The number of hydrogen-bond donors (Lipinski definition) is 1. The predicted octanol–water partition coefficient (Wildman–Crippen LogP) is 1.82. The molecule has 4 nitrogen and oxygen atoms in total. The number of rotatable bonds is 2. The van der Waals surface area contributed by atoms with E-state index in [0.717, 1.165) is 29.3 Å². The Hall–Kier alpha value is -1.58. The molecule has 2 heterocycles. The van der Waals surface area contributed by atoms with Crippen LogP contribution in [0.3, 0.4) is 0 Å². The fourth-order valence-electron chi connectivity index (χ4n) is 1.58. The van der Waals surface area contributed by atoms with E-state index in [2.05, 4.69) is 23.9 Å². The summed E-state index contributed by atoms with van der Waals surface area (Å²) in [6.45, 7) is 6.27. The second kappa shape index (κ2) is 3.53. The van der Waals surface area contributed by atoms with Crippen LogP contribution >= 0.6 is 0 Å². The highest BCUT2D eigenvalue weighted by atomic mass is 15.3. The third-order valence-electron chi connectivity index (χ3n) is 2.41. The van der Waals surface area contributed by atoms with Crippen LogP contribution in [0.15, 0.2) is 12.1 Å². The average Bonchev–Trinajstić information content (AvgIpc) is 2.54.